The van der Waals surface area contributed by atoms with Crippen LogP contribution in [0.3, 0.4) is 0 Å². The lowest BCUT2D eigenvalue weighted by Gasteiger charge is -2.11. The lowest BCUT2D eigenvalue weighted by molar-refractivity contribution is -0.385. The van der Waals surface area contributed by atoms with Gasteiger partial charge in [0.15, 0.2) is 0 Å². The van der Waals surface area contributed by atoms with Gasteiger partial charge in [0.1, 0.15) is 18.9 Å². The minimum atomic E-state index is -0.529. The first kappa shape index (κ1) is 11.6. The molecular formula is C10H14N4O3. The molecule has 1 fully saturated rings. The second kappa shape index (κ2) is 4.94. The van der Waals surface area contributed by atoms with Crippen LogP contribution in [0, 0.1) is 10.1 Å². The number of nitro groups is 1. The first-order valence-electron chi connectivity index (χ1n) is 5.61. The number of carbonyl (C=O) groups excluding carboxylic acids is 1. The highest BCUT2D eigenvalue weighted by Crippen LogP contribution is 2.17. The average molecular weight is 238 g/mol. The monoisotopic (exact) mass is 238 g/mol. The van der Waals surface area contributed by atoms with E-state index in [1.807, 2.05) is 0 Å². The molecule has 1 N–H and O–H groups in total. The van der Waals surface area contributed by atoms with Crippen LogP contribution in [0.4, 0.5) is 5.69 Å². The molecule has 7 nitrogen and oxygen atoms in total. The van der Waals surface area contributed by atoms with Gasteiger partial charge in [-0.3, -0.25) is 19.6 Å². The fourth-order valence-corrected chi connectivity index (χ4v) is 2.02. The zero-order valence-corrected chi connectivity index (χ0v) is 9.33. The molecule has 1 aliphatic carbocycles. The number of hydrogen-bond donors (Lipinski definition) is 1. The van der Waals surface area contributed by atoms with Crippen molar-refractivity contribution >= 4 is 11.6 Å². The number of nitrogens with one attached hydrogen (secondary N) is 1. The minimum Gasteiger partial charge on any atom is -0.352 e. The maximum Gasteiger partial charge on any atom is 0.307 e. The van der Waals surface area contributed by atoms with E-state index in [-0.39, 0.29) is 24.2 Å². The second-order valence-corrected chi connectivity index (χ2v) is 4.20. The maximum atomic E-state index is 11.6. The van der Waals surface area contributed by atoms with E-state index in [9.17, 15) is 14.9 Å². The van der Waals surface area contributed by atoms with Gasteiger partial charge in [0, 0.05) is 6.04 Å². The number of rotatable bonds is 4. The molecule has 1 aromatic heterocycles. The van der Waals surface area contributed by atoms with Gasteiger partial charge < -0.3 is 5.32 Å². The lowest BCUT2D eigenvalue weighted by Crippen LogP contribution is -2.35. The SMILES string of the molecule is O=C(Cn1cc([N+](=O)[O-])cn1)NC1CCCC1. The first-order valence-corrected chi connectivity index (χ1v) is 5.61. The summed E-state index contributed by atoms with van der Waals surface area (Å²) >= 11 is 0. The van der Waals surface area contributed by atoms with Gasteiger partial charge in [-0.2, -0.15) is 5.10 Å². The van der Waals surface area contributed by atoms with Crippen molar-refractivity contribution in [3.8, 4) is 0 Å². The van der Waals surface area contributed by atoms with E-state index in [0.717, 1.165) is 31.9 Å². The van der Waals surface area contributed by atoms with Crippen LogP contribution in [-0.4, -0.2) is 26.7 Å². The van der Waals surface area contributed by atoms with E-state index in [4.69, 9.17) is 0 Å². The van der Waals surface area contributed by atoms with Gasteiger partial charge in [0.2, 0.25) is 5.91 Å². The molecule has 0 aliphatic heterocycles. The third-order valence-electron chi connectivity index (χ3n) is 2.86. The quantitative estimate of drug-likeness (QED) is 0.622. The number of carbonyl (C=O) groups is 1. The van der Waals surface area contributed by atoms with E-state index in [2.05, 4.69) is 10.4 Å². The molecular weight excluding hydrogens is 224 g/mol. The second-order valence-electron chi connectivity index (χ2n) is 4.20. The van der Waals surface area contributed by atoms with Gasteiger partial charge in [-0.1, -0.05) is 12.8 Å². The van der Waals surface area contributed by atoms with Crippen molar-refractivity contribution in [3.63, 3.8) is 0 Å². The van der Waals surface area contributed by atoms with Gasteiger partial charge in [0.05, 0.1) is 4.92 Å². The molecule has 0 spiro atoms. The maximum absolute atomic E-state index is 11.6. The normalized spacial score (nSPS) is 16.0. The molecule has 1 saturated carbocycles. The van der Waals surface area contributed by atoms with E-state index < -0.39 is 4.92 Å². The molecule has 92 valence electrons. The molecule has 0 aromatic carbocycles. The summed E-state index contributed by atoms with van der Waals surface area (Å²) in [6.07, 6.45) is 6.74. The van der Waals surface area contributed by atoms with Crippen LogP contribution in [0.1, 0.15) is 25.7 Å². The lowest BCUT2D eigenvalue weighted by atomic mass is 10.2. The third kappa shape index (κ3) is 3.02. The minimum absolute atomic E-state index is 0.0321. The van der Waals surface area contributed by atoms with Crippen molar-refractivity contribution in [2.24, 2.45) is 0 Å². The molecule has 0 bridgehead atoms. The Morgan fingerprint density at radius 1 is 1.59 bits per heavy atom. The Bertz CT molecular complexity index is 423. The van der Waals surface area contributed by atoms with Gasteiger partial charge in [-0.25, -0.2) is 0 Å². The molecule has 0 radical (unpaired) electrons. The van der Waals surface area contributed by atoms with Crippen LogP contribution in [0.2, 0.25) is 0 Å². The molecule has 0 atom stereocenters. The van der Waals surface area contributed by atoms with Crippen LogP contribution in [0.15, 0.2) is 12.4 Å². The highest BCUT2D eigenvalue weighted by Gasteiger charge is 2.18. The van der Waals surface area contributed by atoms with E-state index in [1.165, 1.54) is 10.9 Å². The Morgan fingerprint density at radius 2 is 2.29 bits per heavy atom. The summed E-state index contributed by atoms with van der Waals surface area (Å²) in [4.78, 5) is 21.5. The van der Waals surface area contributed by atoms with E-state index >= 15 is 0 Å². The summed E-state index contributed by atoms with van der Waals surface area (Å²) in [5.41, 5.74) is -0.0985. The molecule has 2 rings (SSSR count). The van der Waals surface area contributed by atoms with Crippen molar-refractivity contribution in [3.05, 3.63) is 22.5 Å². The van der Waals surface area contributed by atoms with Crippen LogP contribution < -0.4 is 5.32 Å². The highest BCUT2D eigenvalue weighted by atomic mass is 16.6. The number of aromatic nitrogens is 2. The summed E-state index contributed by atoms with van der Waals surface area (Å²) in [5, 5.41) is 17.1. The van der Waals surface area contributed by atoms with Crippen molar-refractivity contribution in [2.45, 2.75) is 38.3 Å². The predicted molar refractivity (Wildman–Crippen MR) is 59.3 cm³/mol. The molecule has 17 heavy (non-hydrogen) atoms. The number of amides is 1. The summed E-state index contributed by atoms with van der Waals surface area (Å²) in [6, 6.07) is 0.257. The Hall–Kier alpha value is -1.92. The first-order chi connectivity index (χ1) is 8.15. The highest BCUT2D eigenvalue weighted by molar-refractivity contribution is 5.76. The fraction of sp³-hybridized carbons (Fsp3) is 0.600. The Balaban J connectivity index is 1.86. The fourth-order valence-electron chi connectivity index (χ4n) is 2.02. The summed E-state index contributed by atoms with van der Waals surface area (Å²) in [5.74, 6) is -0.144. The van der Waals surface area contributed by atoms with E-state index in [1.54, 1.807) is 0 Å². The van der Waals surface area contributed by atoms with Crippen LogP contribution >= 0.6 is 0 Å². The van der Waals surface area contributed by atoms with Gasteiger partial charge >= 0.3 is 5.69 Å². The summed E-state index contributed by atoms with van der Waals surface area (Å²) in [6.45, 7) is 0.0321. The number of hydrogen-bond acceptors (Lipinski definition) is 4. The van der Waals surface area contributed by atoms with E-state index in [0.29, 0.717) is 0 Å². The molecule has 1 amide bonds. The molecule has 1 aliphatic rings. The molecule has 7 heteroatoms. The van der Waals surface area contributed by atoms with Crippen LogP contribution in [0.25, 0.3) is 0 Å². The predicted octanol–water partition coefficient (Wildman–Crippen LogP) is 0.850. The van der Waals surface area contributed by atoms with Gasteiger partial charge in [-0.05, 0) is 12.8 Å². The van der Waals surface area contributed by atoms with Crippen molar-refractivity contribution in [2.75, 3.05) is 0 Å². The molecule has 1 heterocycles. The summed E-state index contributed by atoms with van der Waals surface area (Å²) in [7, 11) is 0. The zero-order valence-electron chi connectivity index (χ0n) is 9.33. The van der Waals surface area contributed by atoms with Crippen molar-refractivity contribution in [1.82, 2.24) is 15.1 Å². The smallest absolute Gasteiger partial charge is 0.307 e. The zero-order chi connectivity index (χ0) is 12.3. The number of nitrogens with zero attached hydrogens (tertiary/aromatic N) is 3. The Labute approximate surface area is 98.0 Å². The van der Waals surface area contributed by atoms with Gasteiger partial charge in [-0.15, -0.1) is 0 Å². The topological polar surface area (TPSA) is 90.1 Å². The largest absolute Gasteiger partial charge is 0.352 e. The van der Waals surface area contributed by atoms with Crippen molar-refractivity contribution in [1.29, 1.82) is 0 Å². The molecule has 0 saturated heterocycles. The standard InChI is InChI=1S/C10H14N4O3/c15-10(12-8-3-1-2-4-8)7-13-6-9(5-11-13)14(16)17/h5-6,8H,1-4,7H2,(H,12,15). The molecule has 1 aromatic rings. The van der Waals surface area contributed by atoms with Crippen LogP contribution in [0.5, 0.6) is 0 Å². The van der Waals surface area contributed by atoms with Gasteiger partial charge in [0.25, 0.3) is 0 Å². The Kier molecular flexibility index (Phi) is 3.36. The van der Waals surface area contributed by atoms with Crippen LogP contribution in [-0.2, 0) is 11.3 Å². The summed E-state index contributed by atoms with van der Waals surface area (Å²) < 4.78 is 1.28. The third-order valence-corrected chi connectivity index (χ3v) is 2.86. The molecule has 0 unspecified atom stereocenters. The van der Waals surface area contributed by atoms with Crippen molar-refractivity contribution < 1.29 is 9.72 Å². The average Bonchev–Trinajstić information content (AvgIpc) is 2.88. The Morgan fingerprint density at radius 3 is 2.88 bits per heavy atom.